The molecular formula is C21H21N5O2. The summed E-state index contributed by atoms with van der Waals surface area (Å²) in [6, 6.07) is 14.9. The molecule has 142 valence electrons. The summed E-state index contributed by atoms with van der Waals surface area (Å²) in [7, 11) is 1.63. The van der Waals surface area contributed by atoms with Gasteiger partial charge in [-0.15, -0.1) is 0 Å². The zero-order valence-electron chi connectivity index (χ0n) is 15.9. The molecule has 1 aliphatic rings. The Kier molecular flexibility index (Phi) is 4.57. The number of carbonyl (C=O) groups excluding carboxylic acids is 1. The van der Waals surface area contributed by atoms with E-state index in [1.807, 2.05) is 62.4 Å². The second kappa shape index (κ2) is 7.19. The molecule has 0 spiro atoms. The van der Waals surface area contributed by atoms with Crippen molar-refractivity contribution in [2.45, 2.75) is 19.9 Å². The fourth-order valence-electron chi connectivity index (χ4n) is 3.38. The van der Waals surface area contributed by atoms with Crippen LogP contribution in [-0.4, -0.2) is 27.8 Å². The molecule has 1 atom stereocenters. The van der Waals surface area contributed by atoms with Crippen molar-refractivity contribution in [3.63, 3.8) is 0 Å². The number of ether oxygens (including phenoxy) is 1. The van der Waals surface area contributed by atoms with E-state index >= 15 is 0 Å². The van der Waals surface area contributed by atoms with Gasteiger partial charge in [-0.2, -0.15) is 10.1 Å². The van der Waals surface area contributed by atoms with Crippen LogP contribution in [0, 0.1) is 6.92 Å². The third-order valence-electron chi connectivity index (χ3n) is 4.86. The Labute approximate surface area is 163 Å². The highest BCUT2D eigenvalue weighted by molar-refractivity contribution is 6.06. The molecule has 2 aromatic carbocycles. The van der Waals surface area contributed by atoms with Crippen molar-refractivity contribution >= 4 is 17.5 Å². The summed E-state index contributed by atoms with van der Waals surface area (Å²) in [6.07, 6.45) is 1.48. The lowest BCUT2D eigenvalue weighted by Gasteiger charge is -2.29. The summed E-state index contributed by atoms with van der Waals surface area (Å²) in [5.41, 5.74) is 4.04. The topological polar surface area (TPSA) is 81.1 Å². The number of rotatable bonds is 4. The van der Waals surface area contributed by atoms with Gasteiger partial charge in [0.1, 0.15) is 18.1 Å². The van der Waals surface area contributed by atoms with E-state index in [1.54, 1.807) is 11.8 Å². The standard InChI is InChI=1S/C21H21N5O2/c1-13-6-4-5-7-17(13)25-20(27)18-14(2)24-21-22-12-23-26(21)19(18)15-8-10-16(28-3)11-9-15/h4-12,19H,1-3H3,(H,25,27)(H,22,23,24)/t19-/m0/s1. The zero-order valence-corrected chi connectivity index (χ0v) is 15.9. The number of allylic oxidation sites excluding steroid dienone is 1. The first kappa shape index (κ1) is 17.8. The van der Waals surface area contributed by atoms with Gasteiger partial charge in [-0.25, -0.2) is 4.68 Å². The minimum atomic E-state index is -0.395. The van der Waals surface area contributed by atoms with Gasteiger partial charge in [-0.3, -0.25) is 4.79 Å². The predicted molar refractivity (Wildman–Crippen MR) is 107 cm³/mol. The Morgan fingerprint density at radius 3 is 2.61 bits per heavy atom. The number of fused-ring (bicyclic) bond motifs is 1. The zero-order chi connectivity index (χ0) is 19.7. The highest BCUT2D eigenvalue weighted by Gasteiger charge is 2.33. The van der Waals surface area contributed by atoms with Crippen LogP contribution in [0.15, 0.2) is 66.1 Å². The molecule has 0 bridgehead atoms. The summed E-state index contributed by atoms with van der Waals surface area (Å²) in [4.78, 5) is 17.5. The van der Waals surface area contributed by atoms with E-state index in [4.69, 9.17) is 4.74 Å². The molecular weight excluding hydrogens is 354 g/mol. The molecule has 0 radical (unpaired) electrons. The highest BCUT2D eigenvalue weighted by atomic mass is 16.5. The number of amides is 1. The van der Waals surface area contributed by atoms with E-state index in [0.29, 0.717) is 11.5 Å². The van der Waals surface area contributed by atoms with Crippen LogP contribution in [-0.2, 0) is 4.79 Å². The second-order valence-corrected chi connectivity index (χ2v) is 6.64. The van der Waals surface area contributed by atoms with Crippen LogP contribution in [0.4, 0.5) is 11.6 Å². The fourth-order valence-corrected chi connectivity index (χ4v) is 3.38. The van der Waals surface area contributed by atoms with E-state index in [0.717, 1.165) is 28.3 Å². The van der Waals surface area contributed by atoms with Gasteiger partial charge in [0.15, 0.2) is 0 Å². The van der Waals surface area contributed by atoms with E-state index in [9.17, 15) is 4.79 Å². The van der Waals surface area contributed by atoms with Crippen molar-refractivity contribution in [2.75, 3.05) is 17.7 Å². The Morgan fingerprint density at radius 2 is 1.89 bits per heavy atom. The molecule has 3 aromatic rings. The first-order chi connectivity index (χ1) is 13.6. The SMILES string of the molecule is COc1ccc([C@H]2C(C(=O)Nc3ccccc3C)=C(C)Nc3ncnn32)cc1. The van der Waals surface area contributed by atoms with E-state index in [1.165, 1.54) is 6.33 Å². The van der Waals surface area contributed by atoms with Gasteiger partial charge < -0.3 is 15.4 Å². The Hall–Kier alpha value is -3.61. The van der Waals surface area contributed by atoms with E-state index < -0.39 is 6.04 Å². The Morgan fingerprint density at radius 1 is 1.14 bits per heavy atom. The largest absolute Gasteiger partial charge is 0.497 e. The van der Waals surface area contributed by atoms with Crippen molar-refractivity contribution in [1.29, 1.82) is 0 Å². The molecule has 0 saturated heterocycles. The van der Waals surface area contributed by atoms with Crippen LogP contribution in [0.2, 0.25) is 0 Å². The number of benzene rings is 2. The quantitative estimate of drug-likeness (QED) is 0.729. The van der Waals surface area contributed by atoms with Gasteiger partial charge in [-0.1, -0.05) is 30.3 Å². The smallest absolute Gasteiger partial charge is 0.255 e. The summed E-state index contributed by atoms with van der Waals surface area (Å²) < 4.78 is 6.98. The average molecular weight is 375 g/mol. The van der Waals surface area contributed by atoms with Gasteiger partial charge in [0, 0.05) is 11.4 Å². The number of aromatic nitrogens is 3. The number of anilines is 2. The molecule has 0 unspecified atom stereocenters. The molecule has 2 heterocycles. The van der Waals surface area contributed by atoms with Crippen LogP contribution in [0.25, 0.3) is 0 Å². The van der Waals surface area contributed by atoms with Gasteiger partial charge in [-0.05, 0) is 43.2 Å². The summed E-state index contributed by atoms with van der Waals surface area (Å²) >= 11 is 0. The van der Waals surface area contributed by atoms with Crippen LogP contribution < -0.4 is 15.4 Å². The summed E-state index contributed by atoms with van der Waals surface area (Å²) in [5, 5.41) is 10.6. The predicted octanol–water partition coefficient (Wildman–Crippen LogP) is 3.52. The number of nitrogens with one attached hydrogen (secondary N) is 2. The van der Waals surface area contributed by atoms with Crippen molar-refractivity contribution in [3.05, 3.63) is 77.3 Å². The Balaban J connectivity index is 1.76. The van der Waals surface area contributed by atoms with Crippen molar-refractivity contribution < 1.29 is 9.53 Å². The molecule has 4 rings (SSSR count). The van der Waals surface area contributed by atoms with Gasteiger partial charge >= 0.3 is 0 Å². The highest BCUT2D eigenvalue weighted by Crippen LogP contribution is 2.35. The number of methoxy groups -OCH3 is 1. The summed E-state index contributed by atoms with van der Waals surface area (Å²) in [5.74, 6) is 1.18. The first-order valence-corrected chi connectivity index (χ1v) is 8.96. The van der Waals surface area contributed by atoms with Crippen molar-refractivity contribution in [2.24, 2.45) is 0 Å². The molecule has 1 aliphatic heterocycles. The molecule has 7 heteroatoms. The normalized spacial score (nSPS) is 15.6. The molecule has 0 fully saturated rings. The lowest BCUT2D eigenvalue weighted by Crippen LogP contribution is -2.31. The van der Waals surface area contributed by atoms with Crippen molar-refractivity contribution in [1.82, 2.24) is 14.8 Å². The monoisotopic (exact) mass is 375 g/mol. The molecule has 28 heavy (non-hydrogen) atoms. The number of nitrogens with zero attached hydrogens (tertiary/aromatic N) is 3. The molecule has 1 aromatic heterocycles. The minimum absolute atomic E-state index is 0.179. The van der Waals surface area contributed by atoms with Crippen LogP contribution >= 0.6 is 0 Å². The van der Waals surface area contributed by atoms with Gasteiger partial charge in [0.25, 0.3) is 5.91 Å². The third kappa shape index (κ3) is 3.11. The lowest BCUT2D eigenvalue weighted by atomic mass is 9.95. The second-order valence-electron chi connectivity index (χ2n) is 6.64. The number of hydrogen-bond acceptors (Lipinski definition) is 5. The van der Waals surface area contributed by atoms with Crippen LogP contribution in [0.5, 0.6) is 5.75 Å². The number of aryl methyl sites for hydroxylation is 1. The minimum Gasteiger partial charge on any atom is -0.497 e. The van der Waals surface area contributed by atoms with Crippen LogP contribution in [0.1, 0.15) is 24.1 Å². The molecule has 1 amide bonds. The maximum Gasteiger partial charge on any atom is 0.255 e. The molecule has 0 aliphatic carbocycles. The fraction of sp³-hybridized carbons (Fsp3) is 0.190. The first-order valence-electron chi connectivity index (χ1n) is 8.96. The Bertz CT molecular complexity index is 1050. The molecule has 2 N–H and O–H groups in total. The maximum absolute atomic E-state index is 13.3. The third-order valence-corrected chi connectivity index (χ3v) is 4.86. The van der Waals surface area contributed by atoms with Gasteiger partial charge in [0.2, 0.25) is 5.95 Å². The number of para-hydroxylation sites is 1. The van der Waals surface area contributed by atoms with Gasteiger partial charge in [0.05, 0.1) is 12.7 Å². The molecule has 0 saturated carbocycles. The van der Waals surface area contributed by atoms with E-state index in [2.05, 4.69) is 20.7 Å². The maximum atomic E-state index is 13.3. The average Bonchev–Trinajstić information content (AvgIpc) is 3.16. The summed E-state index contributed by atoms with van der Waals surface area (Å²) in [6.45, 7) is 3.84. The molecule has 7 nitrogen and oxygen atoms in total. The van der Waals surface area contributed by atoms with Crippen molar-refractivity contribution in [3.8, 4) is 5.75 Å². The number of carbonyl (C=O) groups is 1. The van der Waals surface area contributed by atoms with Crippen LogP contribution in [0.3, 0.4) is 0 Å². The van der Waals surface area contributed by atoms with E-state index in [-0.39, 0.29) is 5.91 Å². The lowest BCUT2D eigenvalue weighted by molar-refractivity contribution is -0.113. The number of hydrogen-bond donors (Lipinski definition) is 2.